The maximum Gasteiger partial charge on any atom is 0.122 e. The van der Waals surface area contributed by atoms with Crippen molar-refractivity contribution in [2.75, 3.05) is 7.05 Å². The molecule has 0 aliphatic carbocycles. The molecule has 1 N–H and O–H groups in total. The molecule has 0 spiro atoms. The van der Waals surface area contributed by atoms with Crippen LogP contribution in [0.4, 0.5) is 0 Å². The minimum Gasteiger partial charge on any atom is -0.333 e. The van der Waals surface area contributed by atoms with Gasteiger partial charge in [-0.05, 0) is 26.5 Å². The van der Waals surface area contributed by atoms with Crippen LogP contribution in [-0.4, -0.2) is 16.6 Å². The quantitative estimate of drug-likeness (QED) is 0.893. The Hall–Kier alpha value is -1.61. The van der Waals surface area contributed by atoms with Crippen molar-refractivity contribution < 1.29 is 0 Å². The lowest BCUT2D eigenvalue weighted by Crippen LogP contribution is -2.11. The Morgan fingerprint density at radius 3 is 2.72 bits per heavy atom. The van der Waals surface area contributed by atoms with Crippen LogP contribution < -0.4 is 5.32 Å². The van der Waals surface area contributed by atoms with E-state index >= 15 is 0 Å². The molecule has 0 bridgehead atoms. The maximum atomic E-state index is 4.62. The van der Waals surface area contributed by atoms with Gasteiger partial charge in [0.15, 0.2) is 0 Å². The zero-order valence-corrected chi connectivity index (χ0v) is 11.6. The van der Waals surface area contributed by atoms with Crippen molar-refractivity contribution in [1.82, 2.24) is 14.9 Å². The lowest BCUT2D eigenvalue weighted by atomic mass is 10.1. The average Bonchev–Trinajstić information content (AvgIpc) is 2.58. The number of hydrogen-bond acceptors (Lipinski definition) is 2. The average molecular weight is 243 g/mol. The summed E-state index contributed by atoms with van der Waals surface area (Å²) < 4.78 is 2.20. The number of hydrogen-bond donors (Lipinski definition) is 1. The van der Waals surface area contributed by atoms with Crippen LogP contribution in [0, 0.1) is 13.8 Å². The number of benzene rings is 1. The molecule has 3 nitrogen and oxygen atoms in total. The summed E-state index contributed by atoms with van der Waals surface area (Å²) in [4.78, 5) is 4.62. The molecule has 0 unspecified atom stereocenters. The summed E-state index contributed by atoms with van der Waals surface area (Å²) in [5.41, 5.74) is 5.08. The fourth-order valence-corrected chi connectivity index (χ4v) is 2.31. The van der Waals surface area contributed by atoms with Crippen LogP contribution in [0.3, 0.4) is 0 Å². The fraction of sp³-hybridized carbons (Fsp3) is 0.400. The molecule has 1 aromatic carbocycles. The van der Waals surface area contributed by atoms with Crippen LogP contribution in [-0.2, 0) is 20.0 Å². The van der Waals surface area contributed by atoms with E-state index in [0.29, 0.717) is 0 Å². The van der Waals surface area contributed by atoms with Gasteiger partial charge < -0.3 is 9.88 Å². The first-order valence-corrected chi connectivity index (χ1v) is 6.33. The fourth-order valence-electron chi connectivity index (χ4n) is 2.31. The molecule has 18 heavy (non-hydrogen) atoms. The van der Waals surface area contributed by atoms with Gasteiger partial charge >= 0.3 is 0 Å². The van der Waals surface area contributed by atoms with E-state index in [1.165, 1.54) is 16.8 Å². The van der Waals surface area contributed by atoms with Crippen molar-refractivity contribution in [3.8, 4) is 0 Å². The smallest absolute Gasteiger partial charge is 0.122 e. The van der Waals surface area contributed by atoms with Crippen molar-refractivity contribution in [3.63, 3.8) is 0 Å². The minimum atomic E-state index is 0.811. The Morgan fingerprint density at radius 2 is 2.06 bits per heavy atom. The Balaban J connectivity index is 2.29. The molecule has 0 aliphatic heterocycles. The Labute approximate surface area is 109 Å². The largest absolute Gasteiger partial charge is 0.333 e. The summed E-state index contributed by atoms with van der Waals surface area (Å²) in [5.74, 6) is 1.10. The molecule has 1 aromatic heterocycles. The van der Waals surface area contributed by atoms with E-state index < -0.39 is 0 Å². The van der Waals surface area contributed by atoms with Crippen LogP contribution in [0.15, 0.2) is 24.3 Å². The van der Waals surface area contributed by atoms with Crippen LogP contribution >= 0.6 is 0 Å². The molecular formula is C15H21N3. The van der Waals surface area contributed by atoms with Gasteiger partial charge in [-0.15, -0.1) is 0 Å². The topological polar surface area (TPSA) is 29.9 Å². The lowest BCUT2D eigenvalue weighted by Gasteiger charge is -2.07. The number of aromatic nitrogens is 2. The second kappa shape index (κ2) is 5.36. The van der Waals surface area contributed by atoms with Gasteiger partial charge in [0.25, 0.3) is 0 Å². The first-order valence-electron chi connectivity index (χ1n) is 6.33. The van der Waals surface area contributed by atoms with Crippen LogP contribution in [0.5, 0.6) is 0 Å². The molecule has 2 rings (SSSR count). The van der Waals surface area contributed by atoms with E-state index in [0.717, 1.165) is 24.5 Å². The third-order valence-electron chi connectivity index (χ3n) is 3.30. The third-order valence-corrected chi connectivity index (χ3v) is 3.30. The monoisotopic (exact) mass is 243 g/mol. The van der Waals surface area contributed by atoms with Crippen molar-refractivity contribution in [2.24, 2.45) is 7.05 Å². The van der Waals surface area contributed by atoms with Gasteiger partial charge in [-0.3, -0.25) is 0 Å². The van der Waals surface area contributed by atoms with E-state index in [9.17, 15) is 0 Å². The molecule has 0 radical (unpaired) electrons. The van der Waals surface area contributed by atoms with Crippen LogP contribution in [0.25, 0.3) is 0 Å². The highest BCUT2D eigenvalue weighted by Gasteiger charge is 2.11. The van der Waals surface area contributed by atoms with E-state index in [-0.39, 0.29) is 0 Å². The van der Waals surface area contributed by atoms with Gasteiger partial charge in [-0.25, -0.2) is 4.98 Å². The second-order valence-corrected chi connectivity index (χ2v) is 4.82. The first-order chi connectivity index (χ1) is 8.61. The second-order valence-electron chi connectivity index (χ2n) is 4.82. The highest BCUT2D eigenvalue weighted by Crippen LogP contribution is 2.15. The normalized spacial score (nSPS) is 10.9. The molecule has 1 heterocycles. The molecule has 3 heteroatoms. The summed E-state index contributed by atoms with van der Waals surface area (Å²) in [6.07, 6.45) is 0.945. The first kappa shape index (κ1) is 12.8. The SMILES string of the molecule is CNCc1nc(C)c(Cc2cccc(C)c2)n1C. The minimum absolute atomic E-state index is 0.811. The maximum absolute atomic E-state index is 4.62. The molecule has 0 amide bonds. The molecule has 0 saturated carbocycles. The van der Waals surface area contributed by atoms with E-state index in [1.807, 2.05) is 7.05 Å². The zero-order chi connectivity index (χ0) is 13.1. The summed E-state index contributed by atoms with van der Waals surface area (Å²) >= 11 is 0. The number of nitrogens with one attached hydrogen (secondary N) is 1. The molecule has 96 valence electrons. The van der Waals surface area contributed by atoms with Gasteiger partial charge in [0.2, 0.25) is 0 Å². The number of aryl methyl sites for hydroxylation is 2. The molecule has 0 saturated heterocycles. The predicted octanol–water partition coefficient (Wildman–Crippen LogP) is 2.35. The van der Waals surface area contributed by atoms with Gasteiger partial charge in [0.1, 0.15) is 5.82 Å². The Morgan fingerprint density at radius 1 is 1.28 bits per heavy atom. The standard InChI is InChI=1S/C15H21N3/c1-11-6-5-7-13(8-11)9-14-12(2)17-15(10-16-3)18(14)4/h5-8,16H,9-10H2,1-4H3. The number of nitrogens with zero attached hydrogens (tertiary/aromatic N) is 2. The van der Waals surface area contributed by atoms with Crippen molar-refractivity contribution in [3.05, 3.63) is 52.6 Å². The molecule has 2 aromatic rings. The molecule has 0 aliphatic rings. The zero-order valence-electron chi connectivity index (χ0n) is 11.6. The van der Waals surface area contributed by atoms with Crippen molar-refractivity contribution in [2.45, 2.75) is 26.8 Å². The summed E-state index contributed by atoms with van der Waals surface area (Å²) in [6.45, 7) is 5.03. The van der Waals surface area contributed by atoms with E-state index in [1.54, 1.807) is 0 Å². The third kappa shape index (κ3) is 2.62. The van der Waals surface area contributed by atoms with Crippen molar-refractivity contribution in [1.29, 1.82) is 0 Å². The summed E-state index contributed by atoms with van der Waals surface area (Å²) in [7, 11) is 4.04. The highest BCUT2D eigenvalue weighted by atomic mass is 15.1. The number of imidazole rings is 1. The summed E-state index contributed by atoms with van der Waals surface area (Å²) in [6, 6.07) is 8.66. The van der Waals surface area contributed by atoms with Gasteiger partial charge in [0, 0.05) is 19.2 Å². The molecular weight excluding hydrogens is 222 g/mol. The van der Waals surface area contributed by atoms with Crippen LogP contribution in [0.2, 0.25) is 0 Å². The van der Waals surface area contributed by atoms with Gasteiger partial charge in [0.05, 0.1) is 12.2 Å². The summed E-state index contributed by atoms with van der Waals surface area (Å²) in [5, 5.41) is 3.16. The number of rotatable bonds is 4. The van der Waals surface area contributed by atoms with Crippen molar-refractivity contribution >= 4 is 0 Å². The molecule has 0 atom stereocenters. The highest BCUT2D eigenvalue weighted by molar-refractivity contribution is 5.29. The Bertz CT molecular complexity index is 541. The van der Waals surface area contributed by atoms with E-state index in [4.69, 9.17) is 0 Å². The van der Waals surface area contributed by atoms with Gasteiger partial charge in [-0.2, -0.15) is 0 Å². The predicted molar refractivity (Wildman–Crippen MR) is 74.7 cm³/mol. The van der Waals surface area contributed by atoms with E-state index in [2.05, 4.69) is 60.0 Å². The van der Waals surface area contributed by atoms with Crippen LogP contribution in [0.1, 0.15) is 28.3 Å². The lowest BCUT2D eigenvalue weighted by molar-refractivity contribution is 0.695. The molecule has 0 fully saturated rings. The van der Waals surface area contributed by atoms with Gasteiger partial charge in [-0.1, -0.05) is 29.8 Å². The Kier molecular flexibility index (Phi) is 3.82.